The molecular weight excluding hydrogens is 252 g/mol. The van der Waals surface area contributed by atoms with Crippen molar-refractivity contribution in [3.05, 3.63) is 48.0 Å². The third-order valence-corrected chi connectivity index (χ3v) is 4.01. The van der Waals surface area contributed by atoms with Crippen molar-refractivity contribution in [2.45, 2.75) is 36.0 Å². The molecule has 0 atom stereocenters. The van der Waals surface area contributed by atoms with Gasteiger partial charge in [0, 0.05) is 9.79 Å². The van der Waals surface area contributed by atoms with Gasteiger partial charge in [0.2, 0.25) is 0 Å². The zero-order valence-electron chi connectivity index (χ0n) is 11.6. The van der Waals surface area contributed by atoms with E-state index in [0.717, 1.165) is 4.90 Å². The summed E-state index contributed by atoms with van der Waals surface area (Å²) >= 11 is 1.69. The third-order valence-electron chi connectivity index (χ3n) is 3.01. The molecular formula is C16H20N2S. The average Bonchev–Trinajstić information content (AvgIpc) is 2.33. The van der Waals surface area contributed by atoms with Crippen LogP contribution in [0.25, 0.3) is 0 Å². The normalized spacial score (nSPS) is 11.5. The van der Waals surface area contributed by atoms with E-state index in [1.807, 2.05) is 18.2 Å². The second-order valence-electron chi connectivity index (χ2n) is 5.67. The van der Waals surface area contributed by atoms with Crippen molar-refractivity contribution in [3.8, 4) is 0 Å². The summed E-state index contributed by atoms with van der Waals surface area (Å²) in [5, 5.41) is 0. The molecule has 100 valence electrons. The molecule has 0 saturated carbocycles. The van der Waals surface area contributed by atoms with Gasteiger partial charge >= 0.3 is 0 Å². The number of benzene rings is 2. The summed E-state index contributed by atoms with van der Waals surface area (Å²) in [6.45, 7) is 6.65. The maximum Gasteiger partial charge on any atom is 0.0559 e. The Bertz CT molecular complexity index is 568. The third kappa shape index (κ3) is 3.44. The largest absolute Gasteiger partial charge is 0.397 e. The fourth-order valence-corrected chi connectivity index (χ4v) is 2.64. The number of nitrogens with two attached hydrogens (primary N) is 2. The smallest absolute Gasteiger partial charge is 0.0559 e. The van der Waals surface area contributed by atoms with Crippen molar-refractivity contribution in [2.75, 3.05) is 11.5 Å². The molecule has 0 aromatic heterocycles. The van der Waals surface area contributed by atoms with Crippen molar-refractivity contribution in [3.63, 3.8) is 0 Å². The molecule has 2 nitrogen and oxygen atoms in total. The minimum atomic E-state index is 0.189. The van der Waals surface area contributed by atoms with Crippen LogP contribution < -0.4 is 11.5 Å². The lowest BCUT2D eigenvalue weighted by Gasteiger charge is -2.19. The van der Waals surface area contributed by atoms with Gasteiger partial charge in [0.25, 0.3) is 0 Å². The van der Waals surface area contributed by atoms with Gasteiger partial charge in [0.1, 0.15) is 0 Å². The van der Waals surface area contributed by atoms with E-state index >= 15 is 0 Å². The highest BCUT2D eigenvalue weighted by molar-refractivity contribution is 7.99. The lowest BCUT2D eigenvalue weighted by atomic mass is 9.87. The van der Waals surface area contributed by atoms with E-state index in [2.05, 4.69) is 45.0 Å². The van der Waals surface area contributed by atoms with Gasteiger partial charge in [0.15, 0.2) is 0 Å². The topological polar surface area (TPSA) is 52.0 Å². The quantitative estimate of drug-likeness (QED) is 0.801. The van der Waals surface area contributed by atoms with Crippen LogP contribution in [0.1, 0.15) is 26.3 Å². The van der Waals surface area contributed by atoms with Crippen LogP contribution in [0.5, 0.6) is 0 Å². The number of nitrogen functional groups attached to an aromatic ring is 2. The van der Waals surface area contributed by atoms with Crippen molar-refractivity contribution < 1.29 is 0 Å². The zero-order valence-corrected chi connectivity index (χ0v) is 12.4. The molecule has 0 unspecified atom stereocenters. The molecule has 2 aromatic rings. The molecule has 2 aromatic carbocycles. The van der Waals surface area contributed by atoms with Crippen LogP contribution in [0, 0.1) is 0 Å². The monoisotopic (exact) mass is 272 g/mol. The maximum absolute atomic E-state index is 5.82. The molecule has 0 aliphatic heterocycles. The van der Waals surface area contributed by atoms with Gasteiger partial charge < -0.3 is 11.5 Å². The molecule has 0 amide bonds. The summed E-state index contributed by atoms with van der Waals surface area (Å²) in [5.74, 6) is 0. The zero-order chi connectivity index (χ0) is 14.0. The Balaban J connectivity index is 2.17. The van der Waals surface area contributed by atoms with E-state index in [-0.39, 0.29) is 5.41 Å². The van der Waals surface area contributed by atoms with E-state index in [9.17, 15) is 0 Å². The molecule has 0 aliphatic carbocycles. The highest BCUT2D eigenvalue weighted by Gasteiger charge is 2.12. The summed E-state index contributed by atoms with van der Waals surface area (Å²) in [6, 6.07) is 14.4. The van der Waals surface area contributed by atoms with E-state index < -0.39 is 0 Å². The summed E-state index contributed by atoms with van der Waals surface area (Å²) in [6.07, 6.45) is 0. The lowest BCUT2D eigenvalue weighted by Crippen LogP contribution is -2.10. The molecule has 3 heteroatoms. The highest BCUT2D eigenvalue weighted by atomic mass is 32.2. The van der Waals surface area contributed by atoms with Gasteiger partial charge in [-0.25, -0.2) is 0 Å². The molecule has 0 saturated heterocycles. The molecule has 0 aliphatic rings. The van der Waals surface area contributed by atoms with Crippen LogP contribution in [0.2, 0.25) is 0 Å². The van der Waals surface area contributed by atoms with Crippen LogP contribution in [0.3, 0.4) is 0 Å². The molecule has 0 bridgehead atoms. The van der Waals surface area contributed by atoms with E-state index in [1.165, 1.54) is 10.5 Å². The minimum absolute atomic E-state index is 0.189. The number of hydrogen-bond donors (Lipinski definition) is 2. The van der Waals surface area contributed by atoms with Gasteiger partial charge in [-0.15, -0.1) is 0 Å². The van der Waals surface area contributed by atoms with Crippen molar-refractivity contribution >= 4 is 23.1 Å². The summed E-state index contributed by atoms with van der Waals surface area (Å²) in [4.78, 5) is 2.31. The molecule has 4 N–H and O–H groups in total. The fourth-order valence-electron chi connectivity index (χ4n) is 1.78. The van der Waals surface area contributed by atoms with Gasteiger partial charge in [-0.3, -0.25) is 0 Å². The molecule has 0 spiro atoms. The molecule has 19 heavy (non-hydrogen) atoms. The van der Waals surface area contributed by atoms with Crippen LogP contribution in [-0.2, 0) is 5.41 Å². The average molecular weight is 272 g/mol. The van der Waals surface area contributed by atoms with Gasteiger partial charge in [-0.05, 0) is 41.3 Å². The van der Waals surface area contributed by atoms with Gasteiger partial charge in [0.05, 0.1) is 11.4 Å². The first-order valence-electron chi connectivity index (χ1n) is 6.29. The van der Waals surface area contributed by atoms with Crippen molar-refractivity contribution in [1.82, 2.24) is 0 Å². The van der Waals surface area contributed by atoms with Gasteiger partial charge in [-0.2, -0.15) is 0 Å². The maximum atomic E-state index is 5.82. The highest BCUT2D eigenvalue weighted by Crippen LogP contribution is 2.32. The lowest BCUT2D eigenvalue weighted by molar-refractivity contribution is 0.590. The Morgan fingerprint density at radius 2 is 1.37 bits per heavy atom. The molecule has 0 heterocycles. The standard InChI is InChI=1S/C16H20N2S/c1-16(2,3)11-4-6-12(7-5-11)19-13-8-9-14(17)15(18)10-13/h4-10H,17-18H2,1-3H3. The van der Waals surface area contributed by atoms with Crippen LogP contribution in [0.4, 0.5) is 11.4 Å². The first kappa shape index (κ1) is 13.8. The second-order valence-corrected chi connectivity index (χ2v) is 6.81. The second kappa shape index (κ2) is 5.17. The Morgan fingerprint density at radius 3 is 1.89 bits per heavy atom. The van der Waals surface area contributed by atoms with Crippen LogP contribution in [0.15, 0.2) is 52.3 Å². The molecule has 2 rings (SSSR count). The summed E-state index contributed by atoms with van der Waals surface area (Å²) < 4.78 is 0. The van der Waals surface area contributed by atoms with Crippen molar-refractivity contribution in [1.29, 1.82) is 0 Å². The predicted octanol–water partition coefficient (Wildman–Crippen LogP) is 4.30. The molecule has 0 fully saturated rings. The predicted molar refractivity (Wildman–Crippen MR) is 84.5 cm³/mol. The Hall–Kier alpha value is -1.61. The Labute approximate surface area is 119 Å². The Kier molecular flexibility index (Phi) is 3.76. The van der Waals surface area contributed by atoms with E-state index in [0.29, 0.717) is 11.4 Å². The van der Waals surface area contributed by atoms with Gasteiger partial charge in [-0.1, -0.05) is 44.7 Å². The number of anilines is 2. The Morgan fingerprint density at radius 1 is 0.789 bits per heavy atom. The molecule has 0 radical (unpaired) electrons. The number of rotatable bonds is 2. The minimum Gasteiger partial charge on any atom is -0.397 e. The SMILES string of the molecule is CC(C)(C)c1ccc(Sc2ccc(N)c(N)c2)cc1. The van der Waals surface area contributed by atoms with Crippen molar-refractivity contribution in [2.24, 2.45) is 0 Å². The summed E-state index contributed by atoms with van der Waals surface area (Å²) in [5.41, 5.74) is 14.3. The fraction of sp³-hybridized carbons (Fsp3) is 0.250. The van der Waals surface area contributed by atoms with E-state index in [1.54, 1.807) is 11.8 Å². The first-order valence-corrected chi connectivity index (χ1v) is 7.11. The van der Waals surface area contributed by atoms with E-state index in [4.69, 9.17) is 11.5 Å². The van der Waals surface area contributed by atoms with Crippen LogP contribution in [-0.4, -0.2) is 0 Å². The first-order chi connectivity index (χ1) is 8.86. The van der Waals surface area contributed by atoms with Crippen LogP contribution >= 0.6 is 11.8 Å². The number of hydrogen-bond acceptors (Lipinski definition) is 3. The summed E-state index contributed by atoms with van der Waals surface area (Å²) in [7, 11) is 0.